The zero-order valence-corrected chi connectivity index (χ0v) is 8.77. The van der Waals surface area contributed by atoms with Gasteiger partial charge in [-0.15, -0.1) is 0 Å². The first-order valence-electron chi connectivity index (χ1n) is 4.75. The first-order valence-corrected chi connectivity index (χ1v) is 4.75. The average molecular weight is 210 g/mol. The van der Waals surface area contributed by atoms with Crippen LogP contribution in [0.15, 0.2) is 24.3 Å². The summed E-state index contributed by atoms with van der Waals surface area (Å²) in [5, 5.41) is 8.63. The Bertz CT molecular complexity index is 318. The number of rotatable bonds is 5. The third kappa shape index (κ3) is 3.50. The lowest BCUT2D eigenvalue weighted by Gasteiger charge is -2.10. The second kappa shape index (κ2) is 5.24. The van der Waals surface area contributed by atoms with E-state index in [2.05, 4.69) is 0 Å². The van der Waals surface area contributed by atoms with Gasteiger partial charge in [-0.1, -0.05) is 0 Å². The zero-order valence-electron chi connectivity index (χ0n) is 8.77. The van der Waals surface area contributed by atoms with E-state index in [0.717, 1.165) is 5.75 Å². The van der Waals surface area contributed by atoms with E-state index in [1.165, 1.54) is 6.92 Å². The van der Waals surface area contributed by atoms with E-state index in [0.29, 0.717) is 12.4 Å². The Morgan fingerprint density at radius 3 is 2.33 bits per heavy atom. The minimum absolute atomic E-state index is 0.522. The highest BCUT2D eigenvalue weighted by Crippen LogP contribution is 2.18. The van der Waals surface area contributed by atoms with Crippen LogP contribution in [0.2, 0.25) is 0 Å². The van der Waals surface area contributed by atoms with Crippen LogP contribution in [0.4, 0.5) is 0 Å². The van der Waals surface area contributed by atoms with Gasteiger partial charge in [-0.2, -0.15) is 0 Å². The Kier molecular flexibility index (Phi) is 3.97. The molecule has 0 unspecified atom stereocenters. The lowest BCUT2D eigenvalue weighted by atomic mass is 10.3. The number of carboxylic acids is 1. The van der Waals surface area contributed by atoms with Crippen molar-refractivity contribution in [3.05, 3.63) is 24.3 Å². The van der Waals surface area contributed by atoms with Gasteiger partial charge in [0.15, 0.2) is 6.10 Å². The van der Waals surface area contributed by atoms with Gasteiger partial charge in [0.05, 0.1) is 6.61 Å². The number of benzene rings is 1. The Balaban J connectivity index is 2.60. The molecule has 0 amide bonds. The van der Waals surface area contributed by atoms with Gasteiger partial charge in [-0.3, -0.25) is 0 Å². The molecule has 0 saturated heterocycles. The Morgan fingerprint density at radius 1 is 1.33 bits per heavy atom. The normalized spacial score (nSPS) is 11.9. The second-order valence-electron chi connectivity index (χ2n) is 3.00. The molecular weight excluding hydrogens is 196 g/mol. The molecule has 0 saturated carbocycles. The first kappa shape index (κ1) is 11.4. The van der Waals surface area contributed by atoms with Crippen LogP contribution >= 0.6 is 0 Å². The maximum absolute atomic E-state index is 10.5. The number of hydrogen-bond donors (Lipinski definition) is 1. The highest BCUT2D eigenvalue weighted by atomic mass is 16.5. The van der Waals surface area contributed by atoms with Crippen LogP contribution in [0.3, 0.4) is 0 Å². The predicted molar refractivity (Wildman–Crippen MR) is 55.3 cm³/mol. The van der Waals surface area contributed by atoms with Crippen LogP contribution in [0, 0.1) is 0 Å². The summed E-state index contributed by atoms with van der Waals surface area (Å²) in [5.41, 5.74) is 0. The van der Waals surface area contributed by atoms with Gasteiger partial charge < -0.3 is 14.6 Å². The number of carbonyl (C=O) groups is 1. The van der Waals surface area contributed by atoms with E-state index in [1.54, 1.807) is 24.3 Å². The van der Waals surface area contributed by atoms with Crippen LogP contribution in [-0.2, 0) is 4.79 Å². The highest BCUT2D eigenvalue weighted by Gasteiger charge is 2.11. The molecule has 0 radical (unpaired) electrons. The van der Waals surface area contributed by atoms with E-state index in [1.807, 2.05) is 6.92 Å². The van der Waals surface area contributed by atoms with Gasteiger partial charge in [-0.25, -0.2) is 4.79 Å². The molecule has 1 N–H and O–H groups in total. The van der Waals surface area contributed by atoms with Crippen molar-refractivity contribution in [3.63, 3.8) is 0 Å². The van der Waals surface area contributed by atoms with E-state index >= 15 is 0 Å². The number of aliphatic carboxylic acids is 1. The van der Waals surface area contributed by atoms with Crippen molar-refractivity contribution in [2.45, 2.75) is 20.0 Å². The fourth-order valence-corrected chi connectivity index (χ4v) is 1.04. The summed E-state index contributed by atoms with van der Waals surface area (Å²) in [7, 11) is 0. The highest BCUT2D eigenvalue weighted by molar-refractivity contribution is 5.72. The van der Waals surface area contributed by atoms with Gasteiger partial charge in [0.2, 0.25) is 0 Å². The maximum Gasteiger partial charge on any atom is 0.344 e. The van der Waals surface area contributed by atoms with Crippen molar-refractivity contribution < 1.29 is 19.4 Å². The summed E-state index contributed by atoms with van der Waals surface area (Å²) in [5.74, 6) is 0.282. The van der Waals surface area contributed by atoms with Crippen molar-refractivity contribution in [3.8, 4) is 11.5 Å². The van der Waals surface area contributed by atoms with Crippen LogP contribution < -0.4 is 9.47 Å². The Morgan fingerprint density at radius 2 is 1.87 bits per heavy atom. The average Bonchev–Trinajstić information content (AvgIpc) is 2.21. The fourth-order valence-electron chi connectivity index (χ4n) is 1.04. The van der Waals surface area contributed by atoms with Gasteiger partial charge >= 0.3 is 5.97 Å². The third-order valence-electron chi connectivity index (χ3n) is 1.80. The molecule has 0 aromatic heterocycles. The first-order chi connectivity index (χ1) is 7.13. The van der Waals surface area contributed by atoms with Crippen LogP contribution in [0.5, 0.6) is 11.5 Å². The largest absolute Gasteiger partial charge is 0.494 e. The van der Waals surface area contributed by atoms with Crippen LogP contribution in [0.25, 0.3) is 0 Å². The Hall–Kier alpha value is -1.71. The minimum atomic E-state index is -0.983. The summed E-state index contributed by atoms with van der Waals surface area (Å²) >= 11 is 0. The SMILES string of the molecule is CCOc1ccc(O[C@@H](C)C(=O)O)cc1. The molecule has 1 rings (SSSR count). The lowest BCUT2D eigenvalue weighted by molar-refractivity contribution is -0.144. The van der Waals surface area contributed by atoms with E-state index in [9.17, 15) is 4.79 Å². The number of ether oxygens (including phenoxy) is 2. The standard InChI is InChI=1S/C11H14O4/c1-3-14-9-4-6-10(7-5-9)15-8(2)11(12)13/h4-8H,3H2,1-2H3,(H,12,13)/t8-/m0/s1. The summed E-state index contributed by atoms with van der Waals surface area (Å²) in [4.78, 5) is 10.5. The Labute approximate surface area is 88.4 Å². The molecule has 0 spiro atoms. The molecule has 0 bridgehead atoms. The van der Waals surface area contributed by atoms with Crippen molar-refractivity contribution in [2.75, 3.05) is 6.61 Å². The van der Waals surface area contributed by atoms with Crippen molar-refractivity contribution in [2.24, 2.45) is 0 Å². The van der Waals surface area contributed by atoms with Gasteiger partial charge in [-0.05, 0) is 38.1 Å². The third-order valence-corrected chi connectivity index (χ3v) is 1.80. The second-order valence-corrected chi connectivity index (χ2v) is 3.00. The summed E-state index contributed by atoms with van der Waals surface area (Å²) < 4.78 is 10.4. The summed E-state index contributed by atoms with van der Waals surface area (Å²) in [6.45, 7) is 3.99. The topological polar surface area (TPSA) is 55.8 Å². The molecule has 0 fully saturated rings. The molecule has 4 nitrogen and oxygen atoms in total. The molecule has 1 aromatic carbocycles. The van der Waals surface area contributed by atoms with E-state index < -0.39 is 12.1 Å². The minimum Gasteiger partial charge on any atom is -0.494 e. The molecule has 15 heavy (non-hydrogen) atoms. The van der Waals surface area contributed by atoms with Crippen LogP contribution in [0.1, 0.15) is 13.8 Å². The maximum atomic E-state index is 10.5. The van der Waals surface area contributed by atoms with Gasteiger partial charge in [0.1, 0.15) is 11.5 Å². The fraction of sp³-hybridized carbons (Fsp3) is 0.364. The number of hydrogen-bond acceptors (Lipinski definition) is 3. The van der Waals surface area contributed by atoms with Crippen molar-refractivity contribution in [1.29, 1.82) is 0 Å². The molecule has 0 heterocycles. The van der Waals surface area contributed by atoms with Gasteiger partial charge in [0.25, 0.3) is 0 Å². The van der Waals surface area contributed by atoms with Crippen LogP contribution in [-0.4, -0.2) is 23.8 Å². The predicted octanol–water partition coefficient (Wildman–Crippen LogP) is 1.94. The molecule has 0 aliphatic carbocycles. The summed E-state index contributed by atoms with van der Waals surface area (Å²) in [6, 6.07) is 6.86. The molecule has 1 aromatic rings. The van der Waals surface area contributed by atoms with E-state index in [4.69, 9.17) is 14.6 Å². The summed E-state index contributed by atoms with van der Waals surface area (Å²) in [6.07, 6.45) is -0.844. The molecule has 4 heteroatoms. The molecule has 82 valence electrons. The lowest BCUT2D eigenvalue weighted by Crippen LogP contribution is -2.22. The molecule has 0 aliphatic heterocycles. The smallest absolute Gasteiger partial charge is 0.344 e. The van der Waals surface area contributed by atoms with E-state index in [-0.39, 0.29) is 0 Å². The number of carboxylic acid groups (broad SMARTS) is 1. The molecule has 1 atom stereocenters. The van der Waals surface area contributed by atoms with Crippen molar-refractivity contribution in [1.82, 2.24) is 0 Å². The quantitative estimate of drug-likeness (QED) is 0.806. The molecule has 0 aliphatic rings. The monoisotopic (exact) mass is 210 g/mol. The van der Waals surface area contributed by atoms with Gasteiger partial charge in [0, 0.05) is 0 Å². The zero-order chi connectivity index (χ0) is 11.3. The molecular formula is C11H14O4. The van der Waals surface area contributed by atoms with Crippen molar-refractivity contribution >= 4 is 5.97 Å².